The maximum Gasteiger partial charge on any atom is 0.305 e. The quantitative estimate of drug-likeness (QED) is 0.698. The molecule has 0 radical (unpaired) electrons. The lowest BCUT2D eigenvalue weighted by Crippen LogP contribution is -2.03. The van der Waals surface area contributed by atoms with Crippen LogP contribution in [0.1, 0.15) is 25.5 Å². The second-order valence-electron chi connectivity index (χ2n) is 2.74. The van der Waals surface area contributed by atoms with Gasteiger partial charge in [0.2, 0.25) is 0 Å². The van der Waals surface area contributed by atoms with E-state index in [1.54, 1.807) is 12.5 Å². The van der Waals surface area contributed by atoms with Crippen LogP contribution in [-0.4, -0.2) is 22.5 Å². The van der Waals surface area contributed by atoms with Crippen LogP contribution in [0.25, 0.3) is 0 Å². The molecule has 1 heterocycles. The molecule has 0 fully saturated rings. The molecule has 4 nitrogen and oxygen atoms in total. The van der Waals surface area contributed by atoms with Gasteiger partial charge in [0.1, 0.15) is 0 Å². The van der Waals surface area contributed by atoms with E-state index >= 15 is 0 Å². The third-order valence-electron chi connectivity index (χ3n) is 1.69. The smallest absolute Gasteiger partial charge is 0.305 e. The lowest BCUT2D eigenvalue weighted by Gasteiger charge is -1.99. The number of rotatable bonds is 5. The Kier molecular flexibility index (Phi) is 4.02. The zero-order valence-corrected chi connectivity index (χ0v) is 7.75. The Hall–Kier alpha value is -1.32. The Morgan fingerprint density at radius 2 is 2.54 bits per heavy atom. The van der Waals surface area contributed by atoms with Crippen molar-refractivity contribution in [1.82, 2.24) is 9.97 Å². The molecule has 0 aliphatic heterocycles. The van der Waals surface area contributed by atoms with E-state index in [1.165, 1.54) is 0 Å². The van der Waals surface area contributed by atoms with Gasteiger partial charge in [-0.2, -0.15) is 0 Å². The SMILES string of the molecule is CCOC(=O)CCCc1cnc[nH]1. The maximum absolute atomic E-state index is 10.9. The number of carbonyl (C=O) groups is 1. The van der Waals surface area contributed by atoms with Crippen molar-refractivity contribution in [1.29, 1.82) is 0 Å². The van der Waals surface area contributed by atoms with Crippen LogP contribution in [0, 0.1) is 0 Å². The Labute approximate surface area is 77.3 Å². The highest BCUT2D eigenvalue weighted by Gasteiger charge is 2.01. The highest BCUT2D eigenvalue weighted by atomic mass is 16.5. The van der Waals surface area contributed by atoms with Crippen LogP contribution >= 0.6 is 0 Å². The number of aromatic amines is 1. The van der Waals surface area contributed by atoms with Crippen LogP contribution in [0.2, 0.25) is 0 Å². The van der Waals surface area contributed by atoms with E-state index in [4.69, 9.17) is 4.74 Å². The molecule has 13 heavy (non-hydrogen) atoms. The molecule has 0 unspecified atom stereocenters. The van der Waals surface area contributed by atoms with E-state index in [2.05, 4.69) is 9.97 Å². The van der Waals surface area contributed by atoms with Gasteiger partial charge in [-0.15, -0.1) is 0 Å². The number of carbonyl (C=O) groups excluding carboxylic acids is 1. The number of esters is 1. The first kappa shape index (κ1) is 9.77. The van der Waals surface area contributed by atoms with Gasteiger partial charge in [-0.3, -0.25) is 4.79 Å². The van der Waals surface area contributed by atoms with E-state index < -0.39 is 0 Å². The van der Waals surface area contributed by atoms with Gasteiger partial charge in [-0.25, -0.2) is 4.98 Å². The largest absolute Gasteiger partial charge is 0.466 e. The number of hydrogen-bond acceptors (Lipinski definition) is 3. The average Bonchev–Trinajstić information content (AvgIpc) is 2.57. The van der Waals surface area contributed by atoms with Gasteiger partial charge in [0.05, 0.1) is 12.9 Å². The third-order valence-corrected chi connectivity index (χ3v) is 1.69. The lowest BCUT2D eigenvalue weighted by atomic mass is 10.2. The zero-order chi connectivity index (χ0) is 9.52. The summed E-state index contributed by atoms with van der Waals surface area (Å²) < 4.78 is 4.80. The summed E-state index contributed by atoms with van der Waals surface area (Å²) in [7, 11) is 0. The molecule has 0 saturated heterocycles. The van der Waals surface area contributed by atoms with E-state index in [9.17, 15) is 4.79 Å². The Morgan fingerprint density at radius 1 is 1.69 bits per heavy atom. The lowest BCUT2D eigenvalue weighted by molar-refractivity contribution is -0.143. The predicted molar refractivity (Wildman–Crippen MR) is 48.2 cm³/mol. The minimum absolute atomic E-state index is 0.123. The summed E-state index contributed by atoms with van der Waals surface area (Å²) >= 11 is 0. The highest BCUT2D eigenvalue weighted by molar-refractivity contribution is 5.69. The summed E-state index contributed by atoms with van der Waals surface area (Å²) in [5.74, 6) is -0.123. The Balaban J connectivity index is 2.11. The van der Waals surface area contributed by atoms with Crippen molar-refractivity contribution in [3.05, 3.63) is 18.2 Å². The van der Waals surface area contributed by atoms with Crippen LogP contribution in [0.3, 0.4) is 0 Å². The Morgan fingerprint density at radius 3 is 3.15 bits per heavy atom. The highest BCUT2D eigenvalue weighted by Crippen LogP contribution is 2.01. The molecule has 0 atom stereocenters. The number of aryl methyl sites for hydroxylation is 1. The average molecular weight is 182 g/mol. The molecule has 4 heteroatoms. The fraction of sp³-hybridized carbons (Fsp3) is 0.556. The van der Waals surface area contributed by atoms with Gasteiger partial charge in [0.25, 0.3) is 0 Å². The molecule has 1 aromatic rings. The molecular weight excluding hydrogens is 168 g/mol. The molecule has 0 aliphatic rings. The Bertz CT molecular complexity index is 244. The van der Waals surface area contributed by atoms with E-state index in [1.807, 2.05) is 6.92 Å². The number of ether oxygens (including phenoxy) is 1. The molecule has 0 aliphatic carbocycles. The fourth-order valence-corrected chi connectivity index (χ4v) is 1.08. The van der Waals surface area contributed by atoms with Crippen molar-refractivity contribution in [2.45, 2.75) is 26.2 Å². The van der Waals surface area contributed by atoms with Crippen molar-refractivity contribution >= 4 is 5.97 Å². The molecule has 1 N–H and O–H groups in total. The summed E-state index contributed by atoms with van der Waals surface area (Å²) in [5, 5.41) is 0. The number of aromatic nitrogens is 2. The monoisotopic (exact) mass is 182 g/mol. The van der Waals surface area contributed by atoms with Crippen LogP contribution in [0.15, 0.2) is 12.5 Å². The molecule has 72 valence electrons. The number of H-pyrrole nitrogens is 1. The van der Waals surface area contributed by atoms with Crippen molar-refractivity contribution in [3.8, 4) is 0 Å². The number of nitrogens with zero attached hydrogens (tertiary/aromatic N) is 1. The minimum atomic E-state index is -0.123. The summed E-state index contributed by atoms with van der Waals surface area (Å²) in [6.45, 7) is 2.27. The number of hydrogen-bond donors (Lipinski definition) is 1. The van der Waals surface area contributed by atoms with Crippen LogP contribution in [-0.2, 0) is 16.0 Å². The van der Waals surface area contributed by atoms with Gasteiger partial charge >= 0.3 is 5.97 Å². The summed E-state index contributed by atoms with van der Waals surface area (Å²) in [6.07, 6.45) is 5.54. The van der Waals surface area contributed by atoms with Gasteiger partial charge < -0.3 is 9.72 Å². The minimum Gasteiger partial charge on any atom is -0.466 e. The van der Waals surface area contributed by atoms with Crippen LogP contribution in [0.5, 0.6) is 0 Å². The maximum atomic E-state index is 10.9. The van der Waals surface area contributed by atoms with Crippen LogP contribution < -0.4 is 0 Å². The zero-order valence-electron chi connectivity index (χ0n) is 7.75. The first-order chi connectivity index (χ1) is 6.33. The van der Waals surface area contributed by atoms with Crippen molar-refractivity contribution in [2.75, 3.05) is 6.61 Å². The predicted octanol–water partition coefficient (Wildman–Crippen LogP) is 1.30. The molecule has 0 saturated carbocycles. The standard InChI is InChI=1S/C9H14N2O2/c1-2-13-9(12)5-3-4-8-6-10-7-11-8/h6-7H,2-5H2,1H3,(H,10,11). The van der Waals surface area contributed by atoms with Crippen molar-refractivity contribution < 1.29 is 9.53 Å². The molecule has 0 amide bonds. The number of nitrogens with one attached hydrogen (secondary N) is 1. The topological polar surface area (TPSA) is 55.0 Å². The van der Waals surface area contributed by atoms with Crippen molar-refractivity contribution in [2.24, 2.45) is 0 Å². The third kappa shape index (κ3) is 3.73. The molecule has 1 aromatic heterocycles. The number of imidazole rings is 1. The molecule has 0 bridgehead atoms. The first-order valence-corrected chi connectivity index (χ1v) is 4.45. The van der Waals surface area contributed by atoms with Crippen LogP contribution in [0.4, 0.5) is 0 Å². The first-order valence-electron chi connectivity index (χ1n) is 4.45. The molecule has 0 aromatic carbocycles. The van der Waals surface area contributed by atoms with E-state index in [-0.39, 0.29) is 5.97 Å². The van der Waals surface area contributed by atoms with E-state index in [0.717, 1.165) is 18.5 Å². The summed E-state index contributed by atoms with van der Waals surface area (Å²) in [5.41, 5.74) is 1.06. The second kappa shape index (κ2) is 5.35. The van der Waals surface area contributed by atoms with E-state index in [0.29, 0.717) is 13.0 Å². The normalized spacial score (nSPS) is 9.92. The molecule has 1 rings (SSSR count). The summed E-state index contributed by atoms with van der Waals surface area (Å²) in [4.78, 5) is 17.8. The second-order valence-corrected chi connectivity index (χ2v) is 2.74. The molecular formula is C9H14N2O2. The fourth-order valence-electron chi connectivity index (χ4n) is 1.08. The van der Waals surface area contributed by atoms with Crippen molar-refractivity contribution in [3.63, 3.8) is 0 Å². The van der Waals surface area contributed by atoms with Gasteiger partial charge in [-0.05, 0) is 19.8 Å². The molecule has 0 spiro atoms. The van der Waals surface area contributed by atoms with Gasteiger partial charge in [0, 0.05) is 18.3 Å². The van der Waals surface area contributed by atoms with Gasteiger partial charge in [0.15, 0.2) is 0 Å². The van der Waals surface area contributed by atoms with Gasteiger partial charge in [-0.1, -0.05) is 0 Å². The summed E-state index contributed by atoms with van der Waals surface area (Å²) in [6, 6.07) is 0.